The van der Waals surface area contributed by atoms with Crippen LogP contribution in [0.2, 0.25) is 0 Å². The van der Waals surface area contributed by atoms with Gasteiger partial charge in [0.05, 0.1) is 0 Å². The molecule has 2 nitrogen and oxygen atoms in total. The van der Waals surface area contributed by atoms with Gasteiger partial charge in [0.15, 0.2) is 0 Å². The van der Waals surface area contributed by atoms with Gasteiger partial charge in [-0.3, -0.25) is 4.79 Å². The zero-order valence-corrected chi connectivity index (χ0v) is 11.8. The van der Waals surface area contributed by atoms with Gasteiger partial charge in [0.2, 0.25) is 0 Å². The maximum Gasteiger partial charge on any atom is 0.137 e. The van der Waals surface area contributed by atoms with Crippen LogP contribution < -0.4 is 5.32 Å². The highest BCUT2D eigenvalue weighted by Gasteiger charge is 2.16. The number of hydrogen-bond donors (Lipinski definition) is 1. The quantitative estimate of drug-likeness (QED) is 0.900. The van der Waals surface area contributed by atoms with E-state index < -0.39 is 0 Å². The first kappa shape index (κ1) is 13.3. The zero-order valence-electron chi connectivity index (χ0n) is 11.8. The second kappa shape index (κ2) is 6.19. The fourth-order valence-corrected chi connectivity index (χ4v) is 3.07. The molecule has 2 heteroatoms. The van der Waals surface area contributed by atoms with Crippen LogP contribution in [0, 0.1) is 5.92 Å². The fraction of sp³-hybridized carbons (Fsp3) is 0.389. The van der Waals surface area contributed by atoms with Crippen molar-refractivity contribution in [3.05, 3.63) is 48.0 Å². The number of Topliss-reactive ketones (excluding diaryl/α,β-unsaturated/α-hetero) is 1. The lowest BCUT2D eigenvalue weighted by molar-refractivity contribution is -0.118. The molecule has 1 fully saturated rings. The molecular formula is C18H21NO. The number of fused-ring (bicyclic) bond motifs is 1. The molecule has 1 saturated heterocycles. The monoisotopic (exact) mass is 267 g/mol. The molecule has 0 amide bonds. The fourth-order valence-electron chi connectivity index (χ4n) is 3.07. The second-order valence-corrected chi connectivity index (χ2v) is 5.75. The van der Waals surface area contributed by atoms with Crippen molar-refractivity contribution in [1.82, 2.24) is 5.32 Å². The summed E-state index contributed by atoms with van der Waals surface area (Å²) in [6.45, 7) is 2.20. The van der Waals surface area contributed by atoms with Crippen LogP contribution in [0.3, 0.4) is 0 Å². The van der Waals surface area contributed by atoms with Gasteiger partial charge in [0, 0.05) is 12.8 Å². The average molecular weight is 267 g/mol. The van der Waals surface area contributed by atoms with E-state index in [1.54, 1.807) is 0 Å². The molecule has 0 spiro atoms. The molecule has 2 aromatic carbocycles. The molecule has 0 saturated carbocycles. The van der Waals surface area contributed by atoms with Crippen LogP contribution in [0.1, 0.15) is 24.8 Å². The predicted octanol–water partition coefficient (Wildman–Crippen LogP) is 3.34. The number of nitrogens with one attached hydrogen (secondary N) is 1. The van der Waals surface area contributed by atoms with Gasteiger partial charge in [-0.05, 0) is 48.2 Å². The van der Waals surface area contributed by atoms with Crippen LogP contribution >= 0.6 is 0 Å². The van der Waals surface area contributed by atoms with Crippen LogP contribution in [-0.4, -0.2) is 18.9 Å². The lowest BCUT2D eigenvalue weighted by Crippen LogP contribution is -2.11. The molecule has 1 aliphatic heterocycles. The Labute approximate surface area is 120 Å². The Balaban J connectivity index is 1.65. The summed E-state index contributed by atoms with van der Waals surface area (Å²) in [4.78, 5) is 12.2. The van der Waals surface area contributed by atoms with Crippen LogP contribution in [0.25, 0.3) is 10.8 Å². The average Bonchev–Trinajstić information content (AvgIpc) is 2.99. The van der Waals surface area contributed by atoms with Gasteiger partial charge < -0.3 is 5.32 Å². The van der Waals surface area contributed by atoms with E-state index in [9.17, 15) is 4.79 Å². The molecule has 1 atom stereocenters. The number of ketones is 1. The number of rotatable bonds is 5. The summed E-state index contributed by atoms with van der Waals surface area (Å²) >= 11 is 0. The molecule has 0 aromatic heterocycles. The Hall–Kier alpha value is -1.67. The molecule has 20 heavy (non-hydrogen) atoms. The summed E-state index contributed by atoms with van der Waals surface area (Å²) in [7, 11) is 0. The van der Waals surface area contributed by atoms with Crippen molar-refractivity contribution in [2.24, 2.45) is 5.92 Å². The highest BCUT2D eigenvalue weighted by atomic mass is 16.1. The Bertz CT molecular complexity index is 594. The number of benzene rings is 2. The van der Waals surface area contributed by atoms with Gasteiger partial charge in [0.1, 0.15) is 5.78 Å². The van der Waals surface area contributed by atoms with Gasteiger partial charge in [0.25, 0.3) is 0 Å². The zero-order chi connectivity index (χ0) is 13.8. The third-order valence-electron chi connectivity index (χ3n) is 4.26. The van der Waals surface area contributed by atoms with Crippen molar-refractivity contribution < 1.29 is 4.79 Å². The number of hydrogen-bond acceptors (Lipinski definition) is 2. The Kier molecular flexibility index (Phi) is 4.12. The molecule has 1 unspecified atom stereocenters. The van der Waals surface area contributed by atoms with E-state index in [1.807, 2.05) is 18.2 Å². The van der Waals surface area contributed by atoms with E-state index >= 15 is 0 Å². The number of carbonyl (C=O) groups excluding carboxylic acids is 1. The Morgan fingerprint density at radius 3 is 2.85 bits per heavy atom. The third kappa shape index (κ3) is 3.07. The Morgan fingerprint density at radius 1 is 1.15 bits per heavy atom. The molecule has 1 heterocycles. The molecule has 1 aliphatic rings. The van der Waals surface area contributed by atoms with Gasteiger partial charge in [-0.15, -0.1) is 0 Å². The van der Waals surface area contributed by atoms with Crippen molar-refractivity contribution in [3.8, 4) is 0 Å². The summed E-state index contributed by atoms with van der Waals surface area (Å²) in [6, 6.07) is 14.5. The van der Waals surface area contributed by atoms with Gasteiger partial charge in [-0.25, -0.2) is 0 Å². The maximum atomic E-state index is 12.2. The molecule has 2 aromatic rings. The number of carbonyl (C=O) groups is 1. The van der Waals surface area contributed by atoms with Crippen molar-refractivity contribution in [2.75, 3.05) is 13.1 Å². The predicted molar refractivity (Wildman–Crippen MR) is 82.9 cm³/mol. The molecule has 0 radical (unpaired) electrons. The third-order valence-corrected chi connectivity index (χ3v) is 4.26. The van der Waals surface area contributed by atoms with E-state index in [2.05, 4.69) is 29.6 Å². The van der Waals surface area contributed by atoms with Crippen molar-refractivity contribution in [2.45, 2.75) is 25.7 Å². The van der Waals surface area contributed by atoms with E-state index in [4.69, 9.17) is 0 Å². The Morgan fingerprint density at radius 2 is 2.00 bits per heavy atom. The van der Waals surface area contributed by atoms with E-state index in [1.165, 1.54) is 17.2 Å². The summed E-state index contributed by atoms with van der Waals surface area (Å²) in [5, 5.41) is 5.79. The van der Waals surface area contributed by atoms with E-state index in [0.717, 1.165) is 31.5 Å². The van der Waals surface area contributed by atoms with Gasteiger partial charge in [-0.2, -0.15) is 0 Å². The van der Waals surface area contributed by atoms with Crippen LogP contribution in [0.4, 0.5) is 0 Å². The molecular weight excluding hydrogens is 246 g/mol. The minimum absolute atomic E-state index is 0.369. The summed E-state index contributed by atoms with van der Waals surface area (Å²) in [5.74, 6) is 1.07. The summed E-state index contributed by atoms with van der Waals surface area (Å²) in [6.07, 6.45) is 3.55. The van der Waals surface area contributed by atoms with Crippen molar-refractivity contribution in [1.29, 1.82) is 0 Å². The topological polar surface area (TPSA) is 29.1 Å². The second-order valence-electron chi connectivity index (χ2n) is 5.75. The molecule has 104 valence electrons. The molecule has 0 bridgehead atoms. The van der Waals surface area contributed by atoms with E-state index in [-0.39, 0.29) is 0 Å². The van der Waals surface area contributed by atoms with Crippen LogP contribution in [0.5, 0.6) is 0 Å². The van der Waals surface area contributed by atoms with Crippen LogP contribution in [-0.2, 0) is 11.2 Å². The largest absolute Gasteiger partial charge is 0.316 e. The smallest absolute Gasteiger partial charge is 0.137 e. The molecule has 0 aliphatic carbocycles. The van der Waals surface area contributed by atoms with Crippen LogP contribution in [0.15, 0.2) is 42.5 Å². The first-order valence-electron chi connectivity index (χ1n) is 7.52. The minimum Gasteiger partial charge on any atom is -0.316 e. The van der Waals surface area contributed by atoms with Crippen molar-refractivity contribution in [3.63, 3.8) is 0 Å². The molecule has 3 rings (SSSR count). The minimum atomic E-state index is 0.369. The summed E-state index contributed by atoms with van der Waals surface area (Å²) < 4.78 is 0. The van der Waals surface area contributed by atoms with E-state index in [0.29, 0.717) is 18.1 Å². The first-order chi connectivity index (χ1) is 9.83. The van der Waals surface area contributed by atoms with Crippen molar-refractivity contribution >= 4 is 16.6 Å². The summed E-state index contributed by atoms with van der Waals surface area (Å²) in [5.41, 5.74) is 1.16. The van der Waals surface area contributed by atoms with Gasteiger partial charge >= 0.3 is 0 Å². The lowest BCUT2D eigenvalue weighted by Gasteiger charge is -2.08. The standard InChI is InChI=1S/C18H21NO/c20-17(9-8-14-10-11-19-13-14)12-16-6-3-5-15-4-1-2-7-18(15)16/h1-7,14,19H,8-13H2. The van der Waals surface area contributed by atoms with Gasteiger partial charge in [-0.1, -0.05) is 42.5 Å². The normalized spacial score (nSPS) is 18.5. The molecule has 1 N–H and O–H groups in total. The highest BCUT2D eigenvalue weighted by Crippen LogP contribution is 2.20. The highest BCUT2D eigenvalue weighted by molar-refractivity contribution is 5.90. The first-order valence-corrected chi connectivity index (χ1v) is 7.52. The lowest BCUT2D eigenvalue weighted by atomic mass is 9.96. The SMILES string of the molecule is O=C(CCC1CCNC1)Cc1cccc2ccccc12. The maximum absolute atomic E-state index is 12.2.